The van der Waals surface area contributed by atoms with E-state index >= 15 is 0 Å². The standard InChI is InChI=1S/C21H18FN3O4/c22-12-1-2-13-14(9-12)19(26)17(16-15(21(27)28)10-29-20(13)16)18(25-8-5-23)11-3-6-24-7-4-11/h1-4,6-7,9-10,18,25-26H,5,8,23H2,(H,27,28). The van der Waals surface area contributed by atoms with Gasteiger partial charge in [-0.3, -0.25) is 4.98 Å². The van der Waals surface area contributed by atoms with Crippen LogP contribution in [0.2, 0.25) is 0 Å². The Morgan fingerprint density at radius 2 is 2.00 bits per heavy atom. The molecule has 4 rings (SSSR count). The van der Waals surface area contributed by atoms with E-state index in [0.29, 0.717) is 18.5 Å². The summed E-state index contributed by atoms with van der Waals surface area (Å²) in [5, 5.41) is 24.9. The third-order valence-electron chi connectivity index (χ3n) is 4.85. The van der Waals surface area contributed by atoms with Crippen LogP contribution in [0.4, 0.5) is 4.39 Å². The number of fused-ring (bicyclic) bond motifs is 3. The summed E-state index contributed by atoms with van der Waals surface area (Å²) in [4.78, 5) is 15.9. The maximum absolute atomic E-state index is 13.9. The number of carbonyl (C=O) groups is 1. The van der Waals surface area contributed by atoms with Crippen molar-refractivity contribution < 1.29 is 23.8 Å². The van der Waals surface area contributed by atoms with Gasteiger partial charge in [0, 0.05) is 47.2 Å². The van der Waals surface area contributed by atoms with E-state index in [9.17, 15) is 19.4 Å². The third-order valence-corrected chi connectivity index (χ3v) is 4.85. The summed E-state index contributed by atoms with van der Waals surface area (Å²) in [6, 6.07) is 6.76. The molecule has 29 heavy (non-hydrogen) atoms. The van der Waals surface area contributed by atoms with Gasteiger partial charge in [0.05, 0.1) is 6.04 Å². The molecule has 5 N–H and O–H groups in total. The highest BCUT2D eigenvalue weighted by atomic mass is 19.1. The van der Waals surface area contributed by atoms with Crippen LogP contribution in [0.3, 0.4) is 0 Å². The number of nitrogens with one attached hydrogen (secondary N) is 1. The van der Waals surface area contributed by atoms with Crippen molar-refractivity contribution in [1.82, 2.24) is 10.3 Å². The summed E-state index contributed by atoms with van der Waals surface area (Å²) in [5.74, 6) is -1.95. The van der Waals surface area contributed by atoms with Crippen molar-refractivity contribution in [1.29, 1.82) is 0 Å². The van der Waals surface area contributed by atoms with E-state index in [4.69, 9.17) is 10.2 Å². The largest absolute Gasteiger partial charge is 0.507 e. The molecule has 0 amide bonds. The Morgan fingerprint density at radius 1 is 1.24 bits per heavy atom. The van der Waals surface area contributed by atoms with Gasteiger partial charge in [0.1, 0.15) is 29.0 Å². The minimum absolute atomic E-state index is 0.0925. The first-order valence-electron chi connectivity index (χ1n) is 8.95. The molecule has 148 valence electrons. The van der Waals surface area contributed by atoms with Gasteiger partial charge in [-0.05, 0) is 35.9 Å². The van der Waals surface area contributed by atoms with Gasteiger partial charge in [0.2, 0.25) is 0 Å². The molecule has 0 radical (unpaired) electrons. The number of phenols is 1. The van der Waals surface area contributed by atoms with E-state index in [1.165, 1.54) is 18.2 Å². The number of hydrogen-bond donors (Lipinski definition) is 4. The lowest BCUT2D eigenvalue weighted by Crippen LogP contribution is -2.28. The summed E-state index contributed by atoms with van der Waals surface area (Å²) >= 11 is 0. The number of furan rings is 1. The molecule has 0 spiro atoms. The monoisotopic (exact) mass is 395 g/mol. The zero-order chi connectivity index (χ0) is 20.5. The lowest BCUT2D eigenvalue weighted by Gasteiger charge is -2.22. The quantitative estimate of drug-likeness (QED) is 0.396. The second kappa shape index (κ2) is 7.50. The fourth-order valence-electron chi connectivity index (χ4n) is 3.61. The Balaban J connectivity index is 2.13. The minimum Gasteiger partial charge on any atom is -0.507 e. The minimum atomic E-state index is -1.20. The highest BCUT2D eigenvalue weighted by Crippen LogP contribution is 2.44. The van der Waals surface area contributed by atoms with Crippen molar-refractivity contribution in [3.8, 4) is 5.75 Å². The SMILES string of the molecule is NCCNC(c1ccncc1)c1c(O)c2cc(F)ccc2c2occ(C(=O)O)c12. The highest BCUT2D eigenvalue weighted by molar-refractivity contribution is 6.15. The maximum atomic E-state index is 13.9. The van der Waals surface area contributed by atoms with Crippen LogP contribution in [0.15, 0.2) is 53.4 Å². The first-order valence-corrected chi connectivity index (χ1v) is 8.95. The Bertz CT molecular complexity index is 1210. The van der Waals surface area contributed by atoms with Crippen LogP contribution in [-0.4, -0.2) is 34.3 Å². The number of nitrogens with zero attached hydrogens (tertiary/aromatic N) is 1. The maximum Gasteiger partial charge on any atom is 0.339 e. The van der Waals surface area contributed by atoms with Crippen molar-refractivity contribution in [2.45, 2.75) is 6.04 Å². The second-order valence-electron chi connectivity index (χ2n) is 6.57. The number of aromatic nitrogens is 1. The van der Waals surface area contributed by atoms with E-state index in [1.54, 1.807) is 24.5 Å². The Hall–Kier alpha value is -3.49. The molecule has 7 nitrogen and oxygen atoms in total. The second-order valence-corrected chi connectivity index (χ2v) is 6.57. The summed E-state index contributed by atoms with van der Waals surface area (Å²) in [6.45, 7) is 0.722. The number of benzene rings is 2. The molecule has 0 aliphatic heterocycles. The van der Waals surface area contributed by atoms with Gasteiger partial charge in [-0.2, -0.15) is 0 Å². The van der Waals surface area contributed by atoms with Crippen molar-refractivity contribution in [2.75, 3.05) is 13.1 Å². The fourth-order valence-corrected chi connectivity index (χ4v) is 3.61. The van der Waals surface area contributed by atoms with Crippen LogP contribution in [0.1, 0.15) is 27.5 Å². The highest BCUT2D eigenvalue weighted by Gasteiger charge is 2.28. The van der Waals surface area contributed by atoms with Gasteiger partial charge in [0.25, 0.3) is 0 Å². The fraction of sp³-hybridized carbons (Fsp3) is 0.143. The molecule has 0 fully saturated rings. The average Bonchev–Trinajstić information content (AvgIpc) is 3.16. The Labute approximate surface area is 164 Å². The molecule has 8 heteroatoms. The molecule has 0 saturated carbocycles. The molecule has 0 bridgehead atoms. The lowest BCUT2D eigenvalue weighted by molar-refractivity contribution is 0.0698. The summed E-state index contributed by atoms with van der Waals surface area (Å²) in [7, 11) is 0. The molecule has 0 aliphatic rings. The van der Waals surface area contributed by atoms with Crippen molar-refractivity contribution >= 4 is 27.7 Å². The number of aromatic carboxylic acids is 1. The van der Waals surface area contributed by atoms with E-state index in [-0.39, 0.29) is 33.2 Å². The van der Waals surface area contributed by atoms with Crippen LogP contribution in [-0.2, 0) is 0 Å². The van der Waals surface area contributed by atoms with E-state index in [0.717, 1.165) is 11.8 Å². The van der Waals surface area contributed by atoms with E-state index in [2.05, 4.69) is 10.3 Å². The lowest BCUT2D eigenvalue weighted by atomic mass is 9.90. The topological polar surface area (TPSA) is 122 Å². The van der Waals surface area contributed by atoms with Crippen LogP contribution < -0.4 is 11.1 Å². The van der Waals surface area contributed by atoms with Gasteiger partial charge in [-0.25, -0.2) is 9.18 Å². The molecule has 1 atom stereocenters. The molecule has 0 saturated heterocycles. The number of phenolic OH excluding ortho intramolecular Hbond substituents is 1. The normalized spacial score (nSPS) is 12.5. The molecule has 2 heterocycles. The molecule has 0 aliphatic carbocycles. The average molecular weight is 395 g/mol. The van der Waals surface area contributed by atoms with E-state index < -0.39 is 17.8 Å². The first kappa shape index (κ1) is 18.9. The number of pyridine rings is 1. The predicted octanol–water partition coefficient (Wildman–Crippen LogP) is 3.16. The Kier molecular flexibility index (Phi) is 4.87. The number of carboxylic acids is 1. The van der Waals surface area contributed by atoms with Crippen molar-refractivity contribution in [3.63, 3.8) is 0 Å². The summed E-state index contributed by atoms with van der Waals surface area (Å²) < 4.78 is 19.5. The smallest absolute Gasteiger partial charge is 0.339 e. The molecule has 2 aromatic carbocycles. The van der Waals surface area contributed by atoms with Crippen molar-refractivity contribution in [3.05, 3.63) is 71.5 Å². The summed E-state index contributed by atoms with van der Waals surface area (Å²) in [6.07, 6.45) is 4.31. The number of aromatic hydroxyl groups is 1. The molecular weight excluding hydrogens is 377 g/mol. The van der Waals surface area contributed by atoms with Crippen LogP contribution in [0.25, 0.3) is 21.7 Å². The van der Waals surface area contributed by atoms with Gasteiger partial charge in [-0.15, -0.1) is 0 Å². The van der Waals surface area contributed by atoms with Gasteiger partial charge < -0.3 is 25.7 Å². The Morgan fingerprint density at radius 3 is 2.69 bits per heavy atom. The number of halogens is 1. The zero-order valence-corrected chi connectivity index (χ0v) is 15.2. The predicted molar refractivity (Wildman–Crippen MR) is 105 cm³/mol. The van der Waals surface area contributed by atoms with Gasteiger partial charge in [-0.1, -0.05) is 0 Å². The van der Waals surface area contributed by atoms with Crippen LogP contribution in [0.5, 0.6) is 5.75 Å². The summed E-state index contributed by atoms with van der Waals surface area (Å²) in [5.41, 5.74) is 6.84. The molecule has 1 unspecified atom stereocenters. The van der Waals surface area contributed by atoms with E-state index in [1.807, 2.05) is 0 Å². The zero-order valence-electron chi connectivity index (χ0n) is 15.2. The molecular formula is C21H18FN3O4. The third kappa shape index (κ3) is 3.18. The first-order chi connectivity index (χ1) is 14.0. The molecule has 4 aromatic rings. The number of hydrogen-bond acceptors (Lipinski definition) is 6. The van der Waals surface area contributed by atoms with Crippen LogP contribution >= 0.6 is 0 Å². The number of carboxylic acid groups (broad SMARTS) is 1. The number of nitrogens with two attached hydrogens (primary N) is 1. The number of rotatable bonds is 6. The van der Waals surface area contributed by atoms with Crippen molar-refractivity contribution in [2.24, 2.45) is 5.73 Å². The van der Waals surface area contributed by atoms with Gasteiger partial charge in [0.15, 0.2) is 0 Å². The van der Waals surface area contributed by atoms with Crippen LogP contribution in [0, 0.1) is 5.82 Å². The molecule has 2 aromatic heterocycles. The van der Waals surface area contributed by atoms with Gasteiger partial charge >= 0.3 is 5.97 Å².